The Hall–Kier alpha value is -4.45. The number of rotatable bonds is 15. The summed E-state index contributed by atoms with van der Waals surface area (Å²) >= 11 is 0. The molecule has 3 aliphatic carbocycles. The molecule has 16 nitrogen and oxygen atoms in total. The number of Topliss-reactive ketones (excluding diaryl/α,β-unsaturated/α-hetero) is 2. The van der Waals surface area contributed by atoms with Gasteiger partial charge in [0.2, 0.25) is 0 Å². The lowest BCUT2D eigenvalue weighted by Gasteiger charge is -2.68. The van der Waals surface area contributed by atoms with Crippen molar-refractivity contribution >= 4 is 49.9 Å². The molecule has 1 amide bonds. The molecule has 2 N–H and O–H groups in total. The molecule has 1 aliphatic heterocycles. The molecule has 1 heterocycles. The van der Waals surface area contributed by atoms with Crippen LogP contribution in [0.4, 0.5) is 4.79 Å². The summed E-state index contributed by atoms with van der Waals surface area (Å²) in [5.41, 5.74) is -8.09. The zero-order valence-electron chi connectivity index (χ0n) is 41.1. The van der Waals surface area contributed by atoms with Gasteiger partial charge in [-0.05, 0) is 88.4 Å². The summed E-state index contributed by atoms with van der Waals surface area (Å²) in [7, 11) is -2.63. The van der Waals surface area contributed by atoms with Gasteiger partial charge in [0, 0.05) is 32.1 Å². The molecule has 3 fully saturated rings. The summed E-state index contributed by atoms with van der Waals surface area (Å²) in [5.74, 6) is -7.21. The molecule has 10 atom stereocenters. The van der Waals surface area contributed by atoms with Gasteiger partial charge in [0.25, 0.3) is 5.78 Å². The Labute approximate surface area is 389 Å². The number of nitrogens with one attached hydrogen (secondary N) is 1. The van der Waals surface area contributed by atoms with E-state index in [1.807, 2.05) is 20.8 Å². The maximum atomic E-state index is 16.2. The van der Waals surface area contributed by atoms with Gasteiger partial charge in [0.1, 0.15) is 35.6 Å². The second-order valence-corrected chi connectivity index (χ2v) is 25.4. The van der Waals surface area contributed by atoms with Gasteiger partial charge in [-0.15, -0.1) is 0 Å². The molecule has 4 aliphatic rings. The van der Waals surface area contributed by atoms with E-state index in [2.05, 4.69) is 5.32 Å². The molecule has 366 valence electrons. The molecular formula is C49H71NO15Si. The van der Waals surface area contributed by atoms with Gasteiger partial charge in [-0.25, -0.2) is 14.4 Å². The Balaban J connectivity index is 1.81. The van der Waals surface area contributed by atoms with Crippen molar-refractivity contribution in [1.29, 1.82) is 0 Å². The Kier molecular flexibility index (Phi) is 15.3. The number of fused-ring (bicyclic) bond motifs is 5. The number of ether oxygens (including phenoxy) is 6. The maximum Gasteiger partial charge on any atom is 0.408 e. The molecule has 66 heavy (non-hydrogen) atoms. The lowest BCUT2D eigenvalue weighted by molar-refractivity contribution is -0.344. The average molecular weight is 942 g/mol. The monoisotopic (exact) mass is 941 g/mol. The van der Waals surface area contributed by atoms with Gasteiger partial charge in [-0.2, -0.15) is 0 Å². The lowest BCUT2D eigenvalue weighted by Crippen LogP contribution is -2.82. The summed E-state index contributed by atoms with van der Waals surface area (Å²) in [5, 5.41) is 16.5. The smallest absolute Gasteiger partial charge is 0.408 e. The Morgan fingerprint density at radius 2 is 1.53 bits per heavy atom. The fraction of sp³-hybridized carbons (Fsp3) is 0.694. The number of benzene rings is 1. The van der Waals surface area contributed by atoms with Crippen molar-refractivity contribution < 1.29 is 71.5 Å². The number of ketones is 2. The van der Waals surface area contributed by atoms with Crippen LogP contribution >= 0.6 is 0 Å². The second kappa shape index (κ2) is 19.3. The topological polar surface area (TPSA) is 216 Å². The minimum Gasteiger partial charge on any atom is -0.455 e. The van der Waals surface area contributed by atoms with E-state index in [0.717, 1.165) is 6.92 Å². The highest BCUT2D eigenvalue weighted by molar-refractivity contribution is 6.73. The van der Waals surface area contributed by atoms with Crippen LogP contribution < -0.4 is 5.32 Å². The van der Waals surface area contributed by atoms with E-state index >= 15 is 4.79 Å². The van der Waals surface area contributed by atoms with Crippen molar-refractivity contribution in [2.24, 2.45) is 22.7 Å². The highest BCUT2D eigenvalue weighted by Crippen LogP contribution is 2.65. The zero-order chi connectivity index (χ0) is 49.5. The minimum atomic E-state index is -2.63. The Morgan fingerprint density at radius 1 is 0.924 bits per heavy atom. The van der Waals surface area contributed by atoms with Crippen LogP contribution in [0.5, 0.6) is 0 Å². The fourth-order valence-corrected chi connectivity index (χ4v) is 13.9. The largest absolute Gasteiger partial charge is 0.455 e. The number of hydrogen-bond acceptors (Lipinski definition) is 15. The first-order chi connectivity index (χ1) is 30.6. The summed E-state index contributed by atoms with van der Waals surface area (Å²) < 4.78 is 43.9. The predicted octanol–water partition coefficient (Wildman–Crippen LogP) is 6.74. The van der Waals surface area contributed by atoms with Crippen molar-refractivity contribution in [3.8, 4) is 0 Å². The molecule has 0 radical (unpaired) electrons. The molecule has 1 aromatic rings. The third-order valence-electron chi connectivity index (χ3n) is 14.6. The van der Waals surface area contributed by atoms with E-state index < -0.39 is 126 Å². The third-order valence-corrected chi connectivity index (χ3v) is 19.3. The van der Waals surface area contributed by atoms with Crippen LogP contribution in [0.2, 0.25) is 18.1 Å². The standard InChI is InChI=1S/C49H71NO15Si/c1-15-66(16-2,17-3)65-34-24-35-48(26-59-35,63-30(8)52)39-41(62-42(55)31-21-19-18-20-22-31)49(58)25-33(28(6)36(46(49,12)13)38(60-29(7)51)40(54)47(34,39)14)61-43(56)37(53)32(23-27(4)5)50-44(57)64-45(9,10)11/h18-22,27,32-35,38-39,41,58H,15-17,23-26H2,1-14H3,(H,50,57)/t32-,33-,34-,35+,38+,39-,41-,47+,48-,49+/m0/s1. The lowest BCUT2D eigenvalue weighted by atomic mass is 9.44. The van der Waals surface area contributed by atoms with Crippen LogP contribution in [0.15, 0.2) is 41.5 Å². The predicted molar refractivity (Wildman–Crippen MR) is 242 cm³/mol. The Morgan fingerprint density at radius 3 is 2.03 bits per heavy atom. The summed E-state index contributed by atoms with van der Waals surface area (Å²) in [4.78, 5) is 98.6. The van der Waals surface area contributed by atoms with Gasteiger partial charge < -0.3 is 43.3 Å². The van der Waals surface area contributed by atoms with Crippen LogP contribution in [0.3, 0.4) is 0 Å². The quantitative estimate of drug-likeness (QED) is 0.0612. The van der Waals surface area contributed by atoms with Gasteiger partial charge in [0.15, 0.2) is 25.8 Å². The fourth-order valence-electron chi connectivity index (χ4n) is 11.0. The van der Waals surface area contributed by atoms with Gasteiger partial charge >= 0.3 is 30.0 Å². The number of aliphatic hydroxyl groups is 1. The normalized spacial score (nSPS) is 30.8. The first kappa shape index (κ1) is 52.5. The van der Waals surface area contributed by atoms with Crippen LogP contribution in [0, 0.1) is 22.7 Å². The molecule has 1 saturated heterocycles. The van der Waals surface area contributed by atoms with Crippen LogP contribution in [0.25, 0.3) is 0 Å². The number of amides is 1. The van der Waals surface area contributed by atoms with Gasteiger partial charge in [-0.3, -0.25) is 19.2 Å². The maximum absolute atomic E-state index is 16.2. The van der Waals surface area contributed by atoms with Crippen molar-refractivity contribution in [2.45, 2.75) is 188 Å². The van der Waals surface area contributed by atoms with E-state index in [9.17, 15) is 33.9 Å². The molecule has 2 saturated carbocycles. The van der Waals surface area contributed by atoms with E-state index in [1.54, 1.807) is 80.5 Å². The molecule has 5 rings (SSSR count). The highest BCUT2D eigenvalue weighted by atomic mass is 28.4. The Bertz CT molecular complexity index is 2080. The van der Waals surface area contributed by atoms with Crippen LogP contribution in [0.1, 0.15) is 127 Å². The zero-order valence-corrected chi connectivity index (χ0v) is 42.1. The molecule has 0 spiro atoms. The number of esters is 4. The summed E-state index contributed by atoms with van der Waals surface area (Å²) in [6.07, 6.45) is -8.22. The molecule has 2 bridgehead atoms. The molecule has 1 aromatic carbocycles. The SMILES string of the molecule is CC[Si](CC)(CC)O[C@H]1C[C@H]2OC[C@@]2(OC(C)=O)[C@H]2[C@H](OC(=O)c3ccccc3)[C@]3(O)C[C@H](OC(=O)C(=O)[C@H](CC(C)C)NC(=O)OC(C)(C)C)C(C)=C([C@@H](OC(C)=O)C(=O)[C@]12C)C3(C)C. The van der Waals surface area contributed by atoms with Gasteiger partial charge in [0.05, 0.1) is 29.6 Å². The summed E-state index contributed by atoms with van der Waals surface area (Å²) in [6.45, 7) is 23.2. The van der Waals surface area contributed by atoms with Gasteiger partial charge in [-0.1, -0.05) is 66.7 Å². The molecule has 0 aromatic heterocycles. The third kappa shape index (κ3) is 9.64. The molecule has 0 unspecified atom stereocenters. The highest BCUT2D eigenvalue weighted by Gasteiger charge is 2.79. The number of hydrogen-bond donors (Lipinski definition) is 2. The van der Waals surface area contributed by atoms with E-state index in [1.165, 1.54) is 19.1 Å². The second-order valence-electron chi connectivity index (χ2n) is 20.7. The number of carbonyl (C=O) groups is 7. The van der Waals surface area contributed by atoms with Crippen molar-refractivity contribution in [1.82, 2.24) is 5.32 Å². The van der Waals surface area contributed by atoms with E-state index in [4.69, 9.17) is 32.8 Å². The van der Waals surface area contributed by atoms with Crippen molar-refractivity contribution in [3.63, 3.8) is 0 Å². The summed E-state index contributed by atoms with van der Waals surface area (Å²) in [6, 6.07) is 8.73. The molecular weight excluding hydrogens is 871 g/mol. The minimum absolute atomic E-state index is 0.0403. The molecule has 17 heteroatoms. The first-order valence-electron chi connectivity index (χ1n) is 23.2. The number of alkyl carbamates (subject to hydrolysis) is 1. The van der Waals surface area contributed by atoms with Crippen molar-refractivity contribution in [3.05, 3.63) is 47.0 Å². The van der Waals surface area contributed by atoms with E-state index in [0.29, 0.717) is 18.1 Å². The average Bonchev–Trinajstić information content (AvgIpc) is 3.21. The van der Waals surface area contributed by atoms with Crippen LogP contribution in [-0.2, 0) is 56.8 Å². The number of carbonyl (C=O) groups excluding carboxylic acids is 7. The van der Waals surface area contributed by atoms with Crippen LogP contribution in [-0.4, -0.2) is 115 Å². The van der Waals surface area contributed by atoms with Crippen molar-refractivity contribution in [2.75, 3.05) is 6.61 Å². The first-order valence-corrected chi connectivity index (χ1v) is 25.7. The van der Waals surface area contributed by atoms with E-state index in [-0.39, 0.29) is 42.1 Å².